The summed E-state index contributed by atoms with van der Waals surface area (Å²) in [6.45, 7) is 7.32. The molecule has 0 N–H and O–H groups in total. The zero-order valence-electron chi connectivity index (χ0n) is 16.6. The number of carbonyl (C=O) groups excluding carboxylic acids is 2. The topological polar surface area (TPSA) is 48.8 Å². The fourth-order valence-corrected chi connectivity index (χ4v) is 3.45. The van der Waals surface area contributed by atoms with E-state index in [-0.39, 0.29) is 11.8 Å². The van der Waals surface area contributed by atoms with Gasteiger partial charge in [0, 0.05) is 62.9 Å². The first-order valence-electron chi connectivity index (χ1n) is 9.34. The Labute approximate surface area is 161 Å². The first kappa shape index (κ1) is 19.2. The van der Waals surface area contributed by atoms with Crippen LogP contribution in [0.5, 0.6) is 0 Å². The number of amides is 2. The second kappa shape index (κ2) is 7.96. The van der Waals surface area contributed by atoms with Crippen LogP contribution in [0.15, 0.2) is 36.4 Å². The number of likely N-dealkylation sites (N-methyl/N-ethyl adjacent to an activating group) is 1. The predicted octanol–water partition coefficient (Wildman–Crippen LogP) is 1.94. The zero-order chi connectivity index (χ0) is 19.6. The van der Waals surface area contributed by atoms with Gasteiger partial charge in [0.05, 0.1) is 6.54 Å². The van der Waals surface area contributed by atoms with E-state index < -0.39 is 0 Å². The summed E-state index contributed by atoms with van der Waals surface area (Å²) in [5.74, 6) is 0.155. The van der Waals surface area contributed by atoms with Gasteiger partial charge in [0.15, 0.2) is 0 Å². The van der Waals surface area contributed by atoms with Crippen molar-refractivity contribution in [2.24, 2.45) is 0 Å². The van der Waals surface area contributed by atoms with Gasteiger partial charge in [-0.15, -0.1) is 0 Å². The highest BCUT2D eigenvalue weighted by molar-refractivity contribution is 5.94. The first-order valence-corrected chi connectivity index (χ1v) is 9.34. The molecular weight excluding hydrogens is 340 g/mol. The third-order valence-electron chi connectivity index (χ3n) is 5.16. The number of hydrogen-bond donors (Lipinski definition) is 0. The molecule has 6 nitrogen and oxygen atoms in total. The minimum Gasteiger partial charge on any atom is -0.348 e. The van der Waals surface area contributed by atoms with E-state index in [9.17, 15) is 9.59 Å². The van der Waals surface area contributed by atoms with Crippen molar-refractivity contribution in [2.75, 3.05) is 46.8 Å². The van der Waals surface area contributed by atoms with Crippen LogP contribution in [0, 0.1) is 13.8 Å². The van der Waals surface area contributed by atoms with Gasteiger partial charge in [-0.2, -0.15) is 0 Å². The van der Waals surface area contributed by atoms with Crippen LogP contribution in [0.3, 0.4) is 0 Å². The smallest absolute Gasteiger partial charge is 0.253 e. The Bertz CT molecular complexity index is 796. The molecule has 2 heterocycles. The van der Waals surface area contributed by atoms with Gasteiger partial charge in [-0.3, -0.25) is 14.5 Å². The lowest BCUT2D eigenvalue weighted by Crippen LogP contribution is -2.51. The van der Waals surface area contributed by atoms with E-state index in [1.54, 1.807) is 19.0 Å². The van der Waals surface area contributed by atoms with Crippen LogP contribution < -0.4 is 0 Å². The number of nitrogens with zero attached hydrogens (tertiary/aromatic N) is 4. The molecule has 1 aliphatic heterocycles. The summed E-state index contributed by atoms with van der Waals surface area (Å²) in [7, 11) is 3.53. The van der Waals surface area contributed by atoms with Crippen LogP contribution in [0.4, 0.5) is 0 Å². The second-order valence-corrected chi connectivity index (χ2v) is 7.35. The van der Waals surface area contributed by atoms with Crippen molar-refractivity contribution in [1.82, 2.24) is 19.3 Å². The van der Waals surface area contributed by atoms with Gasteiger partial charge in [-0.05, 0) is 50.2 Å². The van der Waals surface area contributed by atoms with Crippen molar-refractivity contribution in [3.8, 4) is 5.69 Å². The normalized spacial score (nSPS) is 15.0. The Kier molecular flexibility index (Phi) is 5.65. The molecule has 6 heteroatoms. The number of hydrogen-bond acceptors (Lipinski definition) is 3. The Morgan fingerprint density at radius 1 is 0.889 bits per heavy atom. The monoisotopic (exact) mass is 368 g/mol. The molecule has 0 bridgehead atoms. The SMILES string of the molecule is Cc1ccc(C)n1-c1ccc(C(=O)N2CCN(CC(=O)N(C)C)CC2)cc1. The minimum atomic E-state index is 0.0566. The highest BCUT2D eigenvalue weighted by atomic mass is 16.2. The minimum absolute atomic E-state index is 0.0566. The maximum Gasteiger partial charge on any atom is 0.253 e. The average Bonchev–Trinajstić information content (AvgIpc) is 3.00. The van der Waals surface area contributed by atoms with Crippen molar-refractivity contribution < 1.29 is 9.59 Å². The van der Waals surface area contributed by atoms with Crippen LogP contribution in [0.25, 0.3) is 5.69 Å². The van der Waals surface area contributed by atoms with E-state index in [0.29, 0.717) is 25.2 Å². The van der Waals surface area contributed by atoms with E-state index in [4.69, 9.17) is 0 Å². The summed E-state index contributed by atoms with van der Waals surface area (Å²) in [6.07, 6.45) is 0. The van der Waals surface area contributed by atoms with Crippen LogP contribution in [0.2, 0.25) is 0 Å². The van der Waals surface area contributed by atoms with Crippen LogP contribution >= 0.6 is 0 Å². The number of piperazine rings is 1. The van der Waals surface area contributed by atoms with Gasteiger partial charge < -0.3 is 14.4 Å². The molecule has 0 aliphatic carbocycles. The Morgan fingerprint density at radius 2 is 1.44 bits per heavy atom. The fourth-order valence-electron chi connectivity index (χ4n) is 3.45. The molecule has 1 aliphatic rings. The van der Waals surface area contributed by atoms with Crippen molar-refractivity contribution in [3.63, 3.8) is 0 Å². The predicted molar refractivity (Wildman–Crippen MR) is 106 cm³/mol. The molecule has 27 heavy (non-hydrogen) atoms. The van der Waals surface area contributed by atoms with E-state index in [1.165, 1.54) is 11.4 Å². The lowest BCUT2D eigenvalue weighted by Gasteiger charge is -2.34. The maximum atomic E-state index is 12.8. The summed E-state index contributed by atoms with van der Waals surface area (Å²) in [5, 5.41) is 0. The van der Waals surface area contributed by atoms with Crippen molar-refractivity contribution in [1.29, 1.82) is 0 Å². The fraction of sp³-hybridized carbons (Fsp3) is 0.429. The Balaban J connectivity index is 1.61. The molecule has 0 atom stereocenters. The standard InChI is InChI=1S/C21H28N4O2/c1-16-5-6-17(2)25(16)19-9-7-18(8-10-19)21(27)24-13-11-23(12-14-24)15-20(26)22(3)4/h5-10H,11-15H2,1-4H3. The Hall–Kier alpha value is -2.60. The van der Waals surface area contributed by atoms with E-state index in [2.05, 4.69) is 35.4 Å². The van der Waals surface area contributed by atoms with Crippen LogP contribution in [0.1, 0.15) is 21.7 Å². The highest BCUT2D eigenvalue weighted by Crippen LogP contribution is 2.18. The van der Waals surface area contributed by atoms with Crippen molar-refractivity contribution in [3.05, 3.63) is 53.3 Å². The molecule has 0 radical (unpaired) electrons. The Morgan fingerprint density at radius 3 is 1.96 bits per heavy atom. The number of aryl methyl sites for hydroxylation is 2. The van der Waals surface area contributed by atoms with E-state index in [0.717, 1.165) is 18.8 Å². The molecule has 0 saturated carbocycles. The van der Waals surface area contributed by atoms with Gasteiger partial charge in [-0.25, -0.2) is 0 Å². The third-order valence-corrected chi connectivity index (χ3v) is 5.16. The van der Waals surface area contributed by atoms with Gasteiger partial charge in [0.25, 0.3) is 5.91 Å². The van der Waals surface area contributed by atoms with Crippen molar-refractivity contribution >= 4 is 11.8 Å². The molecule has 1 aromatic heterocycles. The second-order valence-electron chi connectivity index (χ2n) is 7.35. The zero-order valence-corrected chi connectivity index (χ0v) is 16.6. The van der Waals surface area contributed by atoms with E-state index >= 15 is 0 Å². The van der Waals surface area contributed by atoms with E-state index in [1.807, 2.05) is 29.2 Å². The van der Waals surface area contributed by atoms with Crippen LogP contribution in [-0.2, 0) is 4.79 Å². The summed E-state index contributed by atoms with van der Waals surface area (Å²) >= 11 is 0. The first-order chi connectivity index (χ1) is 12.9. The molecule has 1 saturated heterocycles. The number of rotatable bonds is 4. The summed E-state index contributed by atoms with van der Waals surface area (Å²) in [6, 6.07) is 12.0. The molecule has 144 valence electrons. The molecule has 0 spiro atoms. The van der Waals surface area contributed by atoms with Gasteiger partial charge >= 0.3 is 0 Å². The molecule has 2 aromatic rings. The molecule has 1 aromatic carbocycles. The lowest BCUT2D eigenvalue weighted by atomic mass is 10.1. The summed E-state index contributed by atoms with van der Waals surface area (Å²) in [5.41, 5.74) is 4.13. The molecule has 1 fully saturated rings. The quantitative estimate of drug-likeness (QED) is 0.829. The summed E-state index contributed by atoms with van der Waals surface area (Å²) < 4.78 is 2.18. The highest BCUT2D eigenvalue weighted by Gasteiger charge is 2.23. The number of aromatic nitrogens is 1. The number of benzene rings is 1. The maximum absolute atomic E-state index is 12.8. The van der Waals surface area contributed by atoms with Crippen molar-refractivity contribution in [2.45, 2.75) is 13.8 Å². The average molecular weight is 368 g/mol. The van der Waals surface area contributed by atoms with Gasteiger partial charge in [0.2, 0.25) is 5.91 Å². The lowest BCUT2D eigenvalue weighted by molar-refractivity contribution is -0.130. The third kappa shape index (κ3) is 4.22. The molecular formula is C21H28N4O2. The number of carbonyl (C=O) groups is 2. The summed E-state index contributed by atoms with van der Waals surface area (Å²) in [4.78, 5) is 30.2. The largest absolute Gasteiger partial charge is 0.348 e. The van der Waals surface area contributed by atoms with Gasteiger partial charge in [-0.1, -0.05) is 0 Å². The molecule has 2 amide bonds. The molecule has 0 unspecified atom stereocenters. The van der Waals surface area contributed by atoms with Crippen LogP contribution in [-0.4, -0.2) is 77.9 Å². The van der Waals surface area contributed by atoms with Gasteiger partial charge in [0.1, 0.15) is 0 Å². The molecule has 3 rings (SSSR count).